The van der Waals surface area contributed by atoms with Crippen LogP contribution in [0.5, 0.6) is 0 Å². The van der Waals surface area contributed by atoms with Crippen molar-refractivity contribution in [2.75, 3.05) is 13.1 Å². The van der Waals surface area contributed by atoms with Gasteiger partial charge >= 0.3 is 0 Å². The van der Waals surface area contributed by atoms with Gasteiger partial charge in [0.1, 0.15) is 0 Å². The van der Waals surface area contributed by atoms with Gasteiger partial charge in [0.25, 0.3) is 0 Å². The number of halogens is 2. The van der Waals surface area contributed by atoms with Crippen LogP contribution in [0.4, 0.5) is 8.78 Å². The number of piperidine rings is 1. The van der Waals surface area contributed by atoms with Gasteiger partial charge in [-0.1, -0.05) is 5.16 Å². The maximum absolute atomic E-state index is 13.4. The van der Waals surface area contributed by atoms with E-state index in [1.54, 1.807) is 0 Å². The van der Waals surface area contributed by atoms with Crippen LogP contribution in [0.1, 0.15) is 43.3 Å². The minimum Gasteiger partial charge on any atom is -0.339 e. The van der Waals surface area contributed by atoms with Gasteiger partial charge in [0.15, 0.2) is 17.5 Å². The van der Waals surface area contributed by atoms with Crippen LogP contribution >= 0.6 is 0 Å². The summed E-state index contributed by atoms with van der Waals surface area (Å²) in [7, 11) is -3.86. The Balaban J connectivity index is 1.47. The van der Waals surface area contributed by atoms with Crippen LogP contribution in [0.25, 0.3) is 0 Å². The Morgan fingerprint density at radius 3 is 2.73 bits per heavy atom. The molecule has 0 amide bonds. The number of hydrogen-bond acceptors (Lipinski definition) is 5. The maximum atomic E-state index is 13.4. The van der Waals surface area contributed by atoms with Crippen LogP contribution < -0.4 is 0 Å². The lowest BCUT2D eigenvalue weighted by molar-refractivity contribution is 0.246. The van der Waals surface area contributed by atoms with E-state index in [1.165, 1.54) is 4.31 Å². The molecule has 0 spiro atoms. The minimum absolute atomic E-state index is 0.0522. The van der Waals surface area contributed by atoms with E-state index in [-0.39, 0.29) is 10.8 Å². The Bertz CT molecular complexity index is 912. The van der Waals surface area contributed by atoms with Crippen molar-refractivity contribution in [1.29, 1.82) is 0 Å². The molecule has 26 heavy (non-hydrogen) atoms. The summed E-state index contributed by atoms with van der Waals surface area (Å²) in [5.74, 6) is -0.507. The molecule has 2 aliphatic rings. The lowest BCUT2D eigenvalue weighted by Crippen LogP contribution is -2.40. The quantitative estimate of drug-likeness (QED) is 0.794. The molecule has 0 bridgehead atoms. The number of sulfonamides is 1. The SMILES string of the molecule is O=S(=O)(c1ccc(F)c(F)c1)N1CCCC(Cc2nc(C3CC3)no2)C1. The highest BCUT2D eigenvalue weighted by molar-refractivity contribution is 7.89. The smallest absolute Gasteiger partial charge is 0.243 e. The molecule has 1 atom stereocenters. The first-order valence-electron chi connectivity index (χ1n) is 8.71. The van der Waals surface area contributed by atoms with E-state index in [2.05, 4.69) is 10.1 Å². The zero-order chi connectivity index (χ0) is 18.3. The van der Waals surface area contributed by atoms with Gasteiger partial charge in [0, 0.05) is 25.4 Å². The molecule has 1 aliphatic heterocycles. The summed E-state index contributed by atoms with van der Waals surface area (Å²) in [4.78, 5) is 4.17. The van der Waals surface area contributed by atoms with Crippen LogP contribution in [-0.4, -0.2) is 36.0 Å². The number of hydrogen-bond donors (Lipinski definition) is 0. The van der Waals surface area contributed by atoms with Crippen molar-refractivity contribution in [3.05, 3.63) is 41.5 Å². The Morgan fingerprint density at radius 2 is 2.00 bits per heavy atom. The van der Waals surface area contributed by atoms with E-state index >= 15 is 0 Å². The van der Waals surface area contributed by atoms with E-state index in [4.69, 9.17) is 4.52 Å². The van der Waals surface area contributed by atoms with Crippen LogP contribution in [0.3, 0.4) is 0 Å². The highest BCUT2D eigenvalue weighted by atomic mass is 32.2. The third kappa shape index (κ3) is 3.50. The molecule has 6 nitrogen and oxygen atoms in total. The molecular weight excluding hydrogens is 364 g/mol. The van der Waals surface area contributed by atoms with E-state index in [9.17, 15) is 17.2 Å². The van der Waals surface area contributed by atoms with Crippen LogP contribution in [0.15, 0.2) is 27.6 Å². The standard InChI is InChI=1S/C17H19F2N3O3S/c18-14-6-5-13(9-15(14)19)26(23,24)22-7-1-2-11(10-22)8-16-20-17(21-25-16)12-3-4-12/h5-6,9,11-12H,1-4,7-8,10H2. The largest absolute Gasteiger partial charge is 0.339 e. The summed E-state index contributed by atoms with van der Waals surface area (Å²) in [5, 5.41) is 3.98. The summed E-state index contributed by atoms with van der Waals surface area (Å²) < 4.78 is 58.6. The summed E-state index contributed by atoms with van der Waals surface area (Å²) in [6, 6.07) is 2.66. The van der Waals surface area contributed by atoms with E-state index < -0.39 is 21.7 Å². The first kappa shape index (κ1) is 17.5. The van der Waals surface area contributed by atoms with Crippen LogP contribution in [0.2, 0.25) is 0 Å². The Morgan fingerprint density at radius 1 is 1.19 bits per heavy atom. The van der Waals surface area contributed by atoms with Crippen molar-refractivity contribution in [3.8, 4) is 0 Å². The summed E-state index contributed by atoms with van der Waals surface area (Å²) in [6.45, 7) is 0.650. The molecule has 2 fully saturated rings. The third-order valence-electron chi connectivity index (χ3n) is 4.90. The lowest BCUT2D eigenvalue weighted by atomic mass is 9.96. The van der Waals surface area contributed by atoms with Crippen molar-refractivity contribution >= 4 is 10.0 Å². The lowest BCUT2D eigenvalue weighted by Gasteiger charge is -2.31. The fraction of sp³-hybridized carbons (Fsp3) is 0.529. The second kappa shape index (κ2) is 6.70. The van der Waals surface area contributed by atoms with Crippen molar-refractivity contribution in [1.82, 2.24) is 14.4 Å². The fourth-order valence-electron chi connectivity index (χ4n) is 3.30. The molecule has 1 aromatic carbocycles. The molecule has 1 saturated heterocycles. The van der Waals surface area contributed by atoms with Gasteiger partial charge in [0.05, 0.1) is 4.90 Å². The molecule has 0 N–H and O–H groups in total. The van der Waals surface area contributed by atoms with Gasteiger partial charge in [0.2, 0.25) is 15.9 Å². The number of benzene rings is 1. The molecule has 1 aromatic heterocycles. The summed E-state index contributed by atoms with van der Waals surface area (Å²) >= 11 is 0. The topological polar surface area (TPSA) is 76.3 Å². The third-order valence-corrected chi connectivity index (χ3v) is 6.76. The van der Waals surface area contributed by atoms with Gasteiger partial charge in [-0.15, -0.1) is 0 Å². The molecule has 0 radical (unpaired) electrons. The Hall–Kier alpha value is -1.87. The van der Waals surface area contributed by atoms with E-state index in [0.29, 0.717) is 37.7 Å². The van der Waals surface area contributed by atoms with Crippen LogP contribution in [0, 0.1) is 17.6 Å². The van der Waals surface area contributed by atoms with Crippen molar-refractivity contribution in [3.63, 3.8) is 0 Å². The molecule has 2 aromatic rings. The van der Waals surface area contributed by atoms with Crippen LogP contribution in [-0.2, 0) is 16.4 Å². The van der Waals surface area contributed by atoms with E-state index in [0.717, 1.165) is 43.3 Å². The zero-order valence-corrected chi connectivity index (χ0v) is 14.9. The molecule has 9 heteroatoms. The van der Waals surface area contributed by atoms with Gasteiger partial charge in [-0.05, 0) is 49.8 Å². The average Bonchev–Trinajstić information content (AvgIpc) is 3.37. The highest BCUT2D eigenvalue weighted by Crippen LogP contribution is 2.38. The second-order valence-corrected chi connectivity index (χ2v) is 8.91. The van der Waals surface area contributed by atoms with Gasteiger partial charge in [-0.3, -0.25) is 0 Å². The number of rotatable bonds is 5. The highest BCUT2D eigenvalue weighted by Gasteiger charge is 2.33. The first-order chi connectivity index (χ1) is 12.4. The molecule has 1 saturated carbocycles. The molecule has 1 unspecified atom stereocenters. The monoisotopic (exact) mass is 383 g/mol. The predicted molar refractivity (Wildman–Crippen MR) is 87.8 cm³/mol. The average molecular weight is 383 g/mol. The minimum atomic E-state index is -3.86. The van der Waals surface area contributed by atoms with Gasteiger partial charge < -0.3 is 4.52 Å². The van der Waals surface area contributed by atoms with E-state index in [1.807, 2.05) is 0 Å². The Kier molecular flexibility index (Phi) is 4.52. The summed E-state index contributed by atoms with van der Waals surface area (Å²) in [5.41, 5.74) is 0. The molecule has 1 aliphatic carbocycles. The van der Waals surface area contributed by atoms with Gasteiger partial charge in [-0.25, -0.2) is 17.2 Å². The molecular formula is C17H19F2N3O3S. The maximum Gasteiger partial charge on any atom is 0.243 e. The summed E-state index contributed by atoms with van der Waals surface area (Å²) in [6.07, 6.45) is 4.23. The number of aromatic nitrogens is 2. The second-order valence-electron chi connectivity index (χ2n) is 6.97. The number of nitrogens with zero attached hydrogens (tertiary/aromatic N) is 3. The molecule has 140 valence electrons. The molecule has 4 rings (SSSR count). The van der Waals surface area contributed by atoms with Crippen molar-refractivity contribution in [2.45, 2.75) is 42.9 Å². The normalized spacial score (nSPS) is 21.8. The predicted octanol–water partition coefficient (Wildman–Crippen LogP) is 2.87. The molecule has 2 heterocycles. The fourth-order valence-corrected chi connectivity index (χ4v) is 4.87. The van der Waals surface area contributed by atoms with Crippen molar-refractivity contribution in [2.24, 2.45) is 5.92 Å². The first-order valence-corrected chi connectivity index (χ1v) is 10.1. The van der Waals surface area contributed by atoms with Gasteiger partial charge in [-0.2, -0.15) is 9.29 Å². The van der Waals surface area contributed by atoms with Crippen molar-refractivity contribution < 1.29 is 21.7 Å². The Labute approximate surface area is 150 Å². The zero-order valence-electron chi connectivity index (χ0n) is 14.1.